The summed E-state index contributed by atoms with van der Waals surface area (Å²) in [6, 6.07) is 18.2. The average Bonchev–Trinajstić information content (AvgIpc) is 2.49. The molecule has 7 nitrogen and oxygen atoms in total. The average molecular weight is 397 g/mol. The summed E-state index contributed by atoms with van der Waals surface area (Å²) in [6.07, 6.45) is -0.927. The smallest absolute Gasteiger partial charge is 0.411 e. The molecule has 2 rings (SSSR count). The van der Waals surface area contributed by atoms with Gasteiger partial charge in [-0.05, 0) is 5.56 Å². The fourth-order valence-corrected chi connectivity index (χ4v) is 1.67. The maximum absolute atomic E-state index is 10.1. The molecule has 0 aliphatic heterocycles. The van der Waals surface area contributed by atoms with Crippen molar-refractivity contribution in [3.05, 3.63) is 87.1 Å². The molecule has 1 atom stereocenters. The first-order valence-corrected chi connectivity index (χ1v) is 5.88. The Morgan fingerprint density at radius 2 is 1.41 bits per heavy atom. The predicted octanol–water partition coefficient (Wildman–Crippen LogP) is 2.36. The molecule has 0 amide bonds. The van der Waals surface area contributed by atoms with E-state index in [4.69, 9.17) is 20.5 Å². The van der Waals surface area contributed by atoms with E-state index in [0.717, 1.165) is 0 Å². The molecule has 0 aliphatic carbocycles. The van der Waals surface area contributed by atoms with E-state index in [9.17, 15) is 5.11 Å². The Balaban J connectivity index is 0.000000791. The minimum atomic E-state index is -1.75. The molecule has 22 heavy (non-hydrogen) atoms. The third kappa shape index (κ3) is 6.51. The maximum Gasteiger partial charge on any atom is 1.00 e. The molecular formula is C14H13AgN2O5. The molecule has 2 aromatic carbocycles. The molecule has 0 heterocycles. The summed E-state index contributed by atoms with van der Waals surface area (Å²) in [5, 5.41) is 37.1. The molecule has 0 aliphatic rings. The Morgan fingerprint density at radius 1 is 1.00 bits per heavy atom. The van der Waals surface area contributed by atoms with E-state index in [1.54, 1.807) is 24.3 Å². The van der Waals surface area contributed by atoms with Gasteiger partial charge in [0.25, 0.3) is 0 Å². The van der Waals surface area contributed by atoms with Crippen molar-refractivity contribution in [2.24, 2.45) is 5.16 Å². The van der Waals surface area contributed by atoms with E-state index in [1.165, 1.54) is 0 Å². The first kappa shape index (κ1) is 19.8. The molecule has 1 unspecified atom stereocenters. The van der Waals surface area contributed by atoms with Crippen LogP contribution in [0, 0.1) is 15.3 Å². The van der Waals surface area contributed by atoms with Gasteiger partial charge in [0.05, 0.1) is 5.09 Å². The largest absolute Gasteiger partial charge is 1.00 e. The van der Waals surface area contributed by atoms with Gasteiger partial charge in [-0.2, -0.15) is 0 Å². The number of benzene rings is 2. The first-order valence-electron chi connectivity index (χ1n) is 5.88. The van der Waals surface area contributed by atoms with Crippen LogP contribution in [0.3, 0.4) is 0 Å². The molecule has 120 valence electrons. The summed E-state index contributed by atoms with van der Waals surface area (Å²) < 4.78 is 0. The number of hydrogen-bond acceptors (Lipinski definition) is 6. The number of rotatable bonds is 3. The van der Waals surface area contributed by atoms with Crippen LogP contribution >= 0.6 is 0 Å². The molecule has 0 aromatic heterocycles. The van der Waals surface area contributed by atoms with Crippen LogP contribution in [0.25, 0.3) is 0 Å². The van der Waals surface area contributed by atoms with Gasteiger partial charge in [0.15, 0.2) is 0 Å². The molecule has 8 heteroatoms. The van der Waals surface area contributed by atoms with Crippen molar-refractivity contribution in [2.75, 3.05) is 0 Å². The van der Waals surface area contributed by atoms with Gasteiger partial charge >= 0.3 is 22.4 Å². The number of aliphatic hydroxyl groups excluding tert-OH is 1. The molecule has 0 radical (unpaired) electrons. The van der Waals surface area contributed by atoms with Crippen LogP contribution in [-0.2, 0) is 22.4 Å². The summed E-state index contributed by atoms with van der Waals surface area (Å²) in [5.41, 5.74) is 1.65. The van der Waals surface area contributed by atoms with Crippen molar-refractivity contribution < 1.29 is 37.8 Å². The summed E-state index contributed by atoms with van der Waals surface area (Å²) >= 11 is 0. The van der Waals surface area contributed by atoms with Gasteiger partial charge in [0.2, 0.25) is 0 Å². The van der Waals surface area contributed by atoms with Crippen LogP contribution in [0.4, 0.5) is 0 Å². The zero-order valence-electron chi connectivity index (χ0n) is 11.2. The van der Waals surface area contributed by atoms with Gasteiger partial charge in [0.1, 0.15) is 11.8 Å². The van der Waals surface area contributed by atoms with Gasteiger partial charge in [0, 0.05) is 5.56 Å². The maximum atomic E-state index is 10.1. The minimum absolute atomic E-state index is 0. The summed E-state index contributed by atoms with van der Waals surface area (Å²) in [6.45, 7) is 0. The zero-order chi connectivity index (χ0) is 15.7. The predicted molar refractivity (Wildman–Crippen MR) is 76.5 cm³/mol. The summed E-state index contributed by atoms with van der Waals surface area (Å²) in [4.78, 5) is 8.25. The van der Waals surface area contributed by atoms with Gasteiger partial charge < -0.3 is 25.6 Å². The molecule has 0 saturated carbocycles. The molecule has 0 fully saturated rings. The monoisotopic (exact) mass is 396 g/mol. The second kappa shape index (κ2) is 10.5. The minimum Gasteiger partial charge on any atom is -0.411 e. The van der Waals surface area contributed by atoms with Crippen molar-refractivity contribution in [3.63, 3.8) is 0 Å². The topological polar surface area (TPSA) is 119 Å². The van der Waals surface area contributed by atoms with Crippen LogP contribution in [0.1, 0.15) is 17.2 Å². The zero-order valence-corrected chi connectivity index (χ0v) is 12.6. The standard InChI is InChI=1S/C14H13NO2.Ag.NO3/c16-14(12-9-5-2-6-10-12)13(15-17)11-7-3-1-4-8-11;;2-1(3)4/h1-10,14,16-17H;;/q;+1;-1. The van der Waals surface area contributed by atoms with E-state index in [-0.39, 0.29) is 28.1 Å². The summed E-state index contributed by atoms with van der Waals surface area (Å²) in [7, 11) is 0. The molecule has 0 spiro atoms. The van der Waals surface area contributed by atoms with Crippen LogP contribution < -0.4 is 0 Å². The molecule has 0 saturated heterocycles. The second-order valence-corrected chi connectivity index (χ2v) is 3.89. The van der Waals surface area contributed by atoms with E-state index in [1.807, 2.05) is 36.4 Å². The Kier molecular flexibility index (Phi) is 9.48. The number of aliphatic hydroxyl groups is 1. The fourth-order valence-electron chi connectivity index (χ4n) is 1.67. The van der Waals surface area contributed by atoms with Crippen LogP contribution in [-0.4, -0.2) is 21.1 Å². The number of oxime groups is 1. The van der Waals surface area contributed by atoms with Crippen molar-refractivity contribution >= 4 is 5.71 Å². The fraction of sp³-hybridized carbons (Fsp3) is 0.0714. The quantitative estimate of drug-likeness (QED) is 0.271. The molecular weight excluding hydrogens is 384 g/mol. The SMILES string of the molecule is O=[N+]([O-])[O-].ON=C(c1ccccc1)C(O)c1ccccc1.[Ag+]. The molecule has 2 N–H and O–H groups in total. The Hall–Kier alpha value is -2.19. The van der Waals surface area contributed by atoms with Crippen LogP contribution in [0.5, 0.6) is 0 Å². The van der Waals surface area contributed by atoms with E-state index < -0.39 is 11.2 Å². The van der Waals surface area contributed by atoms with Crippen molar-refractivity contribution in [1.82, 2.24) is 0 Å². The first-order chi connectivity index (χ1) is 10.1. The molecule has 0 bridgehead atoms. The third-order valence-electron chi connectivity index (χ3n) is 2.55. The van der Waals surface area contributed by atoms with E-state index >= 15 is 0 Å². The number of hydrogen-bond donors (Lipinski definition) is 2. The van der Waals surface area contributed by atoms with Gasteiger partial charge in [-0.25, -0.2) is 0 Å². The van der Waals surface area contributed by atoms with Crippen molar-refractivity contribution in [2.45, 2.75) is 6.10 Å². The van der Waals surface area contributed by atoms with E-state index in [2.05, 4.69) is 5.16 Å². The van der Waals surface area contributed by atoms with Crippen LogP contribution in [0.15, 0.2) is 65.8 Å². The van der Waals surface area contributed by atoms with Gasteiger partial charge in [-0.3, -0.25) is 0 Å². The van der Waals surface area contributed by atoms with Crippen LogP contribution in [0.2, 0.25) is 0 Å². The second-order valence-electron chi connectivity index (χ2n) is 3.89. The van der Waals surface area contributed by atoms with Gasteiger partial charge in [-0.1, -0.05) is 65.8 Å². The van der Waals surface area contributed by atoms with Crippen molar-refractivity contribution in [1.29, 1.82) is 0 Å². The Morgan fingerprint density at radius 3 is 1.82 bits per heavy atom. The molecule has 2 aromatic rings. The Labute approximate surface area is 142 Å². The number of nitrogens with zero attached hydrogens (tertiary/aromatic N) is 2. The Bertz CT molecular complexity index is 589. The van der Waals surface area contributed by atoms with Gasteiger partial charge in [-0.15, -0.1) is 0 Å². The third-order valence-corrected chi connectivity index (χ3v) is 2.55. The van der Waals surface area contributed by atoms with E-state index in [0.29, 0.717) is 11.1 Å². The normalized spacial score (nSPS) is 11.4. The van der Waals surface area contributed by atoms with Crippen molar-refractivity contribution in [3.8, 4) is 0 Å². The summed E-state index contributed by atoms with van der Waals surface area (Å²) in [5.74, 6) is 0.